The molecule has 23 heavy (non-hydrogen) atoms. The van der Waals surface area contributed by atoms with Crippen molar-refractivity contribution in [3.63, 3.8) is 0 Å². The Morgan fingerprint density at radius 3 is 2.30 bits per heavy atom. The first-order valence-corrected chi connectivity index (χ1v) is 7.80. The van der Waals surface area contributed by atoms with Gasteiger partial charge in [0.05, 0.1) is 12.6 Å². The Morgan fingerprint density at radius 2 is 1.78 bits per heavy atom. The summed E-state index contributed by atoms with van der Waals surface area (Å²) in [6, 6.07) is 9.65. The van der Waals surface area contributed by atoms with E-state index in [-0.39, 0.29) is 42.1 Å². The molecule has 1 aromatic rings. The van der Waals surface area contributed by atoms with Crippen molar-refractivity contribution in [3.8, 4) is 0 Å². The fraction of sp³-hybridized carbons (Fsp3) is 0.529. The molecule has 1 saturated carbocycles. The fourth-order valence-electron chi connectivity index (χ4n) is 2.43. The van der Waals surface area contributed by atoms with Crippen molar-refractivity contribution in [1.82, 2.24) is 10.6 Å². The van der Waals surface area contributed by atoms with Gasteiger partial charge in [-0.2, -0.15) is 0 Å². The molecule has 1 atom stereocenters. The molecular weight excluding hydrogens is 314 g/mol. The average molecular weight is 340 g/mol. The number of nitrogens with one attached hydrogen (secondary N) is 2. The smallest absolute Gasteiger partial charge is 0.239 e. The summed E-state index contributed by atoms with van der Waals surface area (Å²) in [5.74, 6) is -0.406. The van der Waals surface area contributed by atoms with Crippen LogP contribution >= 0.6 is 12.4 Å². The van der Waals surface area contributed by atoms with Gasteiger partial charge in [0.1, 0.15) is 0 Å². The molecule has 0 bridgehead atoms. The number of carbonyl (C=O) groups is 2. The first-order chi connectivity index (χ1) is 10.4. The number of nitrogens with two attached hydrogens (primary N) is 1. The first kappa shape index (κ1) is 19.5. The third-order valence-corrected chi connectivity index (χ3v) is 4.31. The van der Waals surface area contributed by atoms with E-state index >= 15 is 0 Å². The maximum absolute atomic E-state index is 11.9. The molecule has 2 amide bonds. The van der Waals surface area contributed by atoms with Crippen LogP contribution < -0.4 is 16.4 Å². The van der Waals surface area contributed by atoms with Crippen molar-refractivity contribution in [2.75, 3.05) is 13.1 Å². The van der Waals surface area contributed by atoms with E-state index in [0.717, 1.165) is 12.8 Å². The van der Waals surface area contributed by atoms with E-state index < -0.39 is 6.04 Å². The lowest BCUT2D eigenvalue weighted by Crippen LogP contribution is -2.47. The highest BCUT2D eigenvalue weighted by atomic mass is 35.5. The standard InChI is InChI=1S/C17H25N3O2.ClH/c1-12(2)15(18)16(22)19-10-14(21)20-11-17(8-9-17)13-6-4-3-5-7-13;/h3-7,12,15H,8-11,18H2,1-2H3,(H,19,22)(H,20,21);1H/t15-;/m0./s1. The van der Waals surface area contributed by atoms with Gasteiger partial charge in [-0.1, -0.05) is 44.2 Å². The van der Waals surface area contributed by atoms with E-state index in [9.17, 15) is 9.59 Å². The number of amides is 2. The second-order valence-electron chi connectivity index (χ2n) is 6.41. The van der Waals surface area contributed by atoms with Crippen molar-refractivity contribution in [3.05, 3.63) is 35.9 Å². The molecule has 0 saturated heterocycles. The number of carbonyl (C=O) groups excluding carboxylic acids is 2. The molecule has 4 N–H and O–H groups in total. The Labute approximate surface area is 143 Å². The van der Waals surface area contributed by atoms with Crippen LogP contribution in [0, 0.1) is 5.92 Å². The lowest BCUT2D eigenvalue weighted by molar-refractivity contribution is -0.127. The summed E-state index contributed by atoms with van der Waals surface area (Å²) in [5.41, 5.74) is 7.08. The monoisotopic (exact) mass is 339 g/mol. The Balaban J connectivity index is 0.00000264. The highest BCUT2D eigenvalue weighted by Gasteiger charge is 2.44. The van der Waals surface area contributed by atoms with Crippen molar-refractivity contribution in [2.24, 2.45) is 11.7 Å². The lowest BCUT2D eigenvalue weighted by Gasteiger charge is -2.18. The Bertz CT molecular complexity index is 530. The van der Waals surface area contributed by atoms with Gasteiger partial charge < -0.3 is 16.4 Å². The maximum atomic E-state index is 11.9. The molecule has 1 aliphatic carbocycles. The maximum Gasteiger partial charge on any atom is 0.239 e. The van der Waals surface area contributed by atoms with Crippen LogP contribution in [0.1, 0.15) is 32.3 Å². The molecule has 0 spiro atoms. The van der Waals surface area contributed by atoms with E-state index in [1.807, 2.05) is 32.0 Å². The molecule has 0 aromatic heterocycles. The van der Waals surface area contributed by atoms with Gasteiger partial charge in [-0.3, -0.25) is 9.59 Å². The number of benzene rings is 1. The van der Waals surface area contributed by atoms with E-state index in [2.05, 4.69) is 22.8 Å². The van der Waals surface area contributed by atoms with Gasteiger partial charge in [0, 0.05) is 12.0 Å². The third-order valence-electron chi connectivity index (χ3n) is 4.31. The molecule has 2 rings (SSSR count). The van der Waals surface area contributed by atoms with Crippen LogP contribution in [0.5, 0.6) is 0 Å². The van der Waals surface area contributed by atoms with Gasteiger partial charge >= 0.3 is 0 Å². The van der Waals surface area contributed by atoms with Gasteiger partial charge in [0.25, 0.3) is 0 Å². The summed E-state index contributed by atoms with van der Waals surface area (Å²) in [6.07, 6.45) is 2.17. The SMILES string of the molecule is CC(C)[C@H](N)C(=O)NCC(=O)NCC1(c2ccccc2)CC1.Cl. The highest BCUT2D eigenvalue weighted by molar-refractivity contribution is 5.87. The molecule has 0 radical (unpaired) electrons. The van der Waals surface area contributed by atoms with Gasteiger partial charge in [0.15, 0.2) is 0 Å². The second kappa shape index (κ2) is 8.31. The minimum Gasteiger partial charge on any atom is -0.354 e. The van der Waals surface area contributed by atoms with E-state index in [0.29, 0.717) is 6.54 Å². The van der Waals surface area contributed by atoms with E-state index in [1.54, 1.807) is 0 Å². The summed E-state index contributed by atoms with van der Waals surface area (Å²) in [6.45, 7) is 4.34. The highest BCUT2D eigenvalue weighted by Crippen LogP contribution is 2.47. The molecule has 5 nitrogen and oxygen atoms in total. The minimum absolute atomic E-state index is 0. The average Bonchev–Trinajstić information content (AvgIpc) is 3.32. The molecular formula is C17H26ClN3O2. The number of halogens is 1. The molecule has 0 aliphatic heterocycles. The summed E-state index contributed by atoms with van der Waals surface area (Å²) in [5, 5.41) is 5.50. The molecule has 0 unspecified atom stereocenters. The second-order valence-corrected chi connectivity index (χ2v) is 6.41. The van der Waals surface area contributed by atoms with Gasteiger partial charge in [-0.05, 0) is 24.3 Å². The molecule has 0 heterocycles. The predicted molar refractivity (Wildman–Crippen MR) is 93.4 cm³/mol. The molecule has 1 aliphatic rings. The number of rotatable bonds is 7. The zero-order valence-electron chi connectivity index (χ0n) is 13.7. The van der Waals surface area contributed by atoms with Crippen LogP contribution in [0.25, 0.3) is 0 Å². The van der Waals surface area contributed by atoms with Crippen LogP contribution in [0.3, 0.4) is 0 Å². The van der Waals surface area contributed by atoms with Crippen LogP contribution in [0.2, 0.25) is 0 Å². The predicted octanol–water partition coefficient (Wildman–Crippen LogP) is 1.36. The summed E-state index contributed by atoms with van der Waals surface area (Å²) in [7, 11) is 0. The minimum atomic E-state index is -0.577. The number of hydrogen-bond donors (Lipinski definition) is 3. The topological polar surface area (TPSA) is 84.2 Å². The van der Waals surface area contributed by atoms with Crippen molar-refractivity contribution in [1.29, 1.82) is 0 Å². The van der Waals surface area contributed by atoms with E-state index in [1.165, 1.54) is 5.56 Å². The first-order valence-electron chi connectivity index (χ1n) is 7.80. The van der Waals surface area contributed by atoms with Gasteiger partial charge in [-0.25, -0.2) is 0 Å². The van der Waals surface area contributed by atoms with Crippen LogP contribution in [0.4, 0.5) is 0 Å². The van der Waals surface area contributed by atoms with Gasteiger partial charge in [0.2, 0.25) is 11.8 Å². The molecule has 6 heteroatoms. The van der Waals surface area contributed by atoms with Crippen LogP contribution in [-0.2, 0) is 15.0 Å². The zero-order valence-corrected chi connectivity index (χ0v) is 14.5. The Kier molecular flexibility index (Phi) is 7.03. The Morgan fingerprint density at radius 1 is 1.17 bits per heavy atom. The van der Waals surface area contributed by atoms with E-state index in [4.69, 9.17) is 5.73 Å². The summed E-state index contributed by atoms with van der Waals surface area (Å²) >= 11 is 0. The van der Waals surface area contributed by atoms with Crippen molar-refractivity contribution >= 4 is 24.2 Å². The quantitative estimate of drug-likeness (QED) is 0.701. The summed E-state index contributed by atoms with van der Waals surface area (Å²) < 4.78 is 0. The van der Waals surface area contributed by atoms with Crippen molar-refractivity contribution < 1.29 is 9.59 Å². The van der Waals surface area contributed by atoms with Crippen LogP contribution in [-0.4, -0.2) is 30.9 Å². The molecule has 1 aromatic carbocycles. The number of hydrogen-bond acceptors (Lipinski definition) is 3. The Hall–Kier alpha value is -1.59. The third kappa shape index (κ3) is 5.22. The molecule has 1 fully saturated rings. The lowest BCUT2D eigenvalue weighted by atomic mass is 9.96. The van der Waals surface area contributed by atoms with Crippen LogP contribution in [0.15, 0.2) is 30.3 Å². The van der Waals surface area contributed by atoms with Gasteiger partial charge in [-0.15, -0.1) is 12.4 Å². The fourth-order valence-corrected chi connectivity index (χ4v) is 2.43. The molecule has 128 valence electrons. The van der Waals surface area contributed by atoms with Crippen molar-refractivity contribution in [2.45, 2.75) is 38.1 Å². The summed E-state index contributed by atoms with van der Waals surface area (Å²) in [4.78, 5) is 23.6. The normalized spacial score (nSPS) is 16.2. The largest absolute Gasteiger partial charge is 0.354 e. The zero-order chi connectivity index (χ0) is 16.2.